The second kappa shape index (κ2) is 8.74. The summed E-state index contributed by atoms with van der Waals surface area (Å²) in [5.74, 6) is -0.311. The molecule has 6 heteroatoms. The molecule has 2 rings (SSSR count). The van der Waals surface area contributed by atoms with Crippen molar-refractivity contribution in [3.05, 3.63) is 70.8 Å². The minimum absolute atomic E-state index is 0.195. The molecule has 0 heterocycles. The van der Waals surface area contributed by atoms with Gasteiger partial charge in [-0.25, -0.2) is 0 Å². The van der Waals surface area contributed by atoms with Crippen LogP contribution in [0.25, 0.3) is 6.08 Å². The summed E-state index contributed by atoms with van der Waals surface area (Å²) < 4.78 is 5.38. The molecular weight excluding hydrogens is 328 g/mol. The van der Waals surface area contributed by atoms with Crippen LogP contribution in [0.4, 0.5) is 0 Å². The number of amides is 2. The molecule has 2 aromatic carbocycles. The Bertz CT molecular complexity index is 759. The van der Waals surface area contributed by atoms with Crippen molar-refractivity contribution < 1.29 is 14.3 Å². The summed E-state index contributed by atoms with van der Waals surface area (Å²) in [4.78, 5) is 23.3. The molecule has 24 heavy (non-hydrogen) atoms. The third kappa shape index (κ3) is 5.44. The van der Waals surface area contributed by atoms with Crippen LogP contribution in [0.1, 0.15) is 11.1 Å². The molecule has 0 radical (unpaired) electrons. The van der Waals surface area contributed by atoms with Gasteiger partial charge >= 0.3 is 0 Å². The van der Waals surface area contributed by atoms with Gasteiger partial charge in [-0.15, -0.1) is 0 Å². The van der Waals surface area contributed by atoms with Crippen molar-refractivity contribution >= 4 is 29.5 Å². The minimum Gasteiger partial charge on any atom is -0.483 e. The van der Waals surface area contributed by atoms with Crippen LogP contribution in [0.2, 0.25) is 5.02 Å². The number of hydrazine groups is 1. The quantitative estimate of drug-likeness (QED) is 0.647. The second-order valence-electron chi connectivity index (χ2n) is 4.95. The molecular formula is C18H17ClN2O3. The summed E-state index contributed by atoms with van der Waals surface area (Å²) in [6.45, 7) is 1.69. The second-order valence-corrected chi connectivity index (χ2v) is 5.35. The number of hydrogen-bond acceptors (Lipinski definition) is 3. The fourth-order valence-electron chi connectivity index (χ4n) is 1.85. The average molecular weight is 345 g/mol. The molecule has 0 aliphatic carbocycles. The maximum absolute atomic E-state index is 11.7. The number of halogens is 1. The molecule has 0 saturated heterocycles. The highest BCUT2D eigenvalue weighted by atomic mass is 35.5. The van der Waals surface area contributed by atoms with E-state index in [1.54, 1.807) is 30.3 Å². The van der Waals surface area contributed by atoms with E-state index in [2.05, 4.69) is 10.9 Å². The Morgan fingerprint density at radius 3 is 2.54 bits per heavy atom. The monoisotopic (exact) mass is 344 g/mol. The standard InChI is InChI=1S/C18H17ClN2O3/c1-13-6-2-5-9-16(13)24-12-18(23)21-20-17(22)11-10-14-7-3-4-8-15(14)19/h2-11H,12H2,1H3,(H,20,22)(H,21,23). The first-order valence-corrected chi connectivity index (χ1v) is 7.64. The van der Waals surface area contributed by atoms with Crippen LogP contribution in [0, 0.1) is 6.92 Å². The molecule has 0 aromatic heterocycles. The van der Waals surface area contributed by atoms with Gasteiger partial charge in [0.15, 0.2) is 6.61 Å². The van der Waals surface area contributed by atoms with Gasteiger partial charge in [-0.2, -0.15) is 0 Å². The lowest BCUT2D eigenvalue weighted by atomic mass is 10.2. The van der Waals surface area contributed by atoms with Crippen molar-refractivity contribution in [1.29, 1.82) is 0 Å². The molecule has 2 amide bonds. The summed E-state index contributed by atoms with van der Waals surface area (Å²) in [6, 6.07) is 14.5. The predicted octanol–water partition coefficient (Wildman–Crippen LogP) is 2.89. The van der Waals surface area contributed by atoms with Crippen molar-refractivity contribution in [1.82, 2.24) is 10.9 Å². The number of benzene rings is 2. The zero-order valence-electron chi connectivity index (χ0n) is 13.1. The number of aryl methyl sites for hydroxylation is 1. The molecule has 124 valence electrons. The maximum Gasteiger partial charge on any atom is 0.276 e. The van der Waals surface area contributed by atoms with Crippen LogP contribution in [-0.4, -0.2) is 18.4 Å². The number of carbonyl (C=O) groups is 2. The van der Waals surface area contributed by atoms with E-state index in [0.29, 0.717) is 16.3 Å². The van der Waals surface area contributed by atoms with Gasteiger partial charge in [0.25, 0.3) is 11.8 Å². The molecule has 0 spiro atoms. The van der Waals surface area contributed by atoms with Gasteiger partial charge in [0, 0.05) is 11.1 Å². The Balaban J connectivity index is 1.76. The summed E-state index contributed by atoms with van der Waals surface area (Å²) in [6.07, 6.45) is 2.84. The fourth-order valence-corrected chi connectivity index (χ4v) is 2.05. The molecule has 0 fully saturated rings. The third-order valence-corrected chi connectivity index (χ3v) is 3.44. The summed E-state index contributed by atoms with van der Waals surface area (Å²) in [7, 11) is 0. The van der Waals surface area contributed by atoms with Crippen LogP contribution >= 0.6 is 11.6 Å². The van der Waals surface area contributed by atoms with E-state index in [1.165, 1.54) is 6.08 Å². The number of carbonyl (C=O) groups excluding carboxylic acids is 2. The Kier molecular flexibility index (Phi) is 6.40. The van der Waals surface area contributed by atoms with Crippen LogP contribution in [0.3, 0.4) is 0 Å². The lowest BCUT2D eigenvalue weighted by Crippen LogP contribution is -2.43. The van der Waals surface area contributed by atoms with Crippen LogP contribution in [0.5, 0.6) is 5.75 Å². The third-order valence-electron chi connectivity index (χ3n) is 3.10. The van der Waals surface area contributed by atoms with E-state index in [4.69, 9.17) is 16.3 Å². The molecule has 0 unspecified atom stereocenters. The maximum atomic E-state index is 11.7. The van der Waals surface area contributed by atoms with E-state index in [9.17, 15) is 9.59 Å². The van der Waals surface area contributed by atoms with Gasteiger partial charge in [-0.1, -0.05) is 48.0 Å². The molecule has 0 bridgehead atoms. The SMILES string of the molecule is Cc1ccccc1OCC(=O)NNC(=O)C=Cc1ccccc1Cl. The number of rotatable bonds is 5. The topological polar surface area (TPSA) is 67.4 Å². The molecule has 0 aliphatic heterocycles. The van der Waals surface area contributed by atoms with E-state index in [1.807, 2.05) is 31.2 Å². The highest BCUT2D eigenvalue weighted by Crippen LogP contribution is 2.16. The molecule has 5 nitrogen and oxygen atoms in total. The first-order chi connectivity index (χ1) is 11.6. The summed E-state index contributed by atoms with van der Waals surface area (Å²) in [5.41, 5.74) is 6.19. The number of nitrogens with one attached hydrogen (secondary N) is 2. The van der Waals surface area contributed by atoms with Crippen LogP contribution < -0.4 is 15.6 Å². The van der Waals surface area contributed by atoms with E-state index < -0.39 is 11.8 Å². The van der Waals surface area contributed by atoms with Crippen molar-refractivity contribution in [3.8, 4) is 5.75 Å². The van der Waals surface area contributed by atoms with Crippen LogP contribution in [-0.2, 0) is 9.59 Å². The van der Waals surface area contributed by atoms with Crippen molar-refractivity contribution in [2.45, 2.75) is 6.92 Å². The smallest absolute Gasteiger partial charge is 0.276 e. The Hall–Kier alpha value is -2.79. The lowest BCUT2D eigenvalue weighted by molar-refractivity contribution is -0.128. The number of hydrogen-bond donors (Lipinski definition) is 2. The van der Waals surface area contributed by atoms with Gasteiger partial charge in [0.05, 0.1) is 0 Å². The van der Waals surface area contributed by atoms with Gasteiger partial charge in [-0.05, 0) is 36.3 Å². The Morgan fingerprint density at radius 1 is 1.08 bits per heavy atom. The first-order valence-electron chi connectivity index (χ1n) is 7.26. The molecule has 0 atom stereocenters. The predicted molar refractivity (Wildman–Crippen MR) is 93.4 cm³/mol. The largest absolute Gasteiger partial charge is 0.483 e. The molecule has 2 aromatic rings. The fraction of sp³-hybridized carbons (Fsp3) is 0.111. The average Bonchev–Trinajstić information content (AvgIpc) is 2.58. The van der Waals surface area contributed by atoms with Crippen molar-refractivity contribution in [2.24, 2.45) is 0 Å². The Labute approximate surface area is 145 Å². The number of ether oxygens (including phenoxy) is 1. The van der Waals surface area contributed by atoms with Gasteiger partial charge < -0.3 is 4.74 Å². The highest BCUT2D eigenvalue weighted by Gasteiger charge is 2.05. The first kappa shape index (κ1) is 17.6. The molecule has 0 aliphatic rings. The molecule has 0 saturated carbocycles. The van der Waals surface area contributed by atoms with Crippen molar-refractivity contribution in [2.75, 3.05) is 6.61 Å². The van der Waals surface area contributed by atoms with E-state index >= 15 is 0 Å². The summed E-state index contributed by atoms with van der Waals surface area (Å²) >= 11 is 5.98. The van der Waals surface area contributed by atoms with E-state index in [0.717, 1.165) is 5.56 Å². The van der Waals surface area contributed by atoms with Crippen molar-refractivity contribution in [3.63, 3.8) is 0 Å². The molecule has 2 N–H and O–H groups in total. The van der Waals surface area contributed by atoms with Crippen LogP contribution in [0.15, 0.2) is 54.6 Å². The minimum atomic E-state index is -0.473. The van der Waals surface area contributed by atoms with Gasteiger partial charge in [0.1, 0.15) is 5.75 Å². The zero-order chi connectivity index (χ0) is 17.4. The van der Waals surface area contributed by atoms with Gasteiger partial charge in [0.2, 0.25) is 0 Å². The Morgan fingerprint density at radius 2 is 1.79 bits per heavy atom. The number of para-hydroxylation sites is 1. The van der Waals surface area contributed by atoms with Gasteiger partial charge in [-0.3, -0.25) is 20.4 Å². The highest BCUT2D eigenvalue weighted by molar-refractivity contribution is 6.32. The zero-order valence-corrected chi connectivity index (χ0v) is 13.8. The van der Waals surface area contributed by atoms with E-state index in [-0.39, 0.29) is 6.61 Å². The normalized spacial score (nSPS) is 10.4. The summed E-state index contributed by atoms with van der Waals surface area (Å²) in [5, 5.41) is 0.539. The lowest BCUT2D eigenvalue weighted by Gasteiger charge is -2.09.